The van der Waals surface area contributed by atoms with Crippen molar-refractivity contribution in [3.8, 4) is 11.5 Å². The van der Waals surface area contributed by atoms with E-state index in [-0.39, 0.29) is 19.6 Å². The minimum Gasteiger partial charge on any atom is -0.497 e. The average molecular weight is 444 g/mol. The minimum atomic E-state index is -0.648. The lowest BCUT2D eigenvalue weighted by molar-refractivity contribution is -0.142. The number of hydrogen-bond acceptors (Lipinski definition) is 7. The van der Waals surface area contributed by atoms with Crippen molar-refractivity contribution in [3.63, 3.8) is 0 Å². The zero-order valence-corrected chi connectivity index (χ0v) is 19.0. The van der Waals surface area contributed by atoms with Crippen LogP contribution in [0.1, 0.15) is 16.7 Å². The third-order valence-electron chi connectivity index (χ3n) is 4.87. The molecule has 0 aliphatic heterocycles. The molecule has 0 fully saturated rings. The van der Waals surface area contributed by atoms with E-state index in [4.69, 9.17) is 14.2 Å². The van der Waals surface area contributed by atoms with Gasteiger partial charge in [0.1, 0.15) is 11.5 Å². The predicted octanol–water partition coefficient (Wildman–Crippen LogP) is 2.64. The van der Waals surface area contributed by atoms with E-state index in [0.29, 0.717) is 17.2 Å². The number of rotatable bonds is 9. The molecule has 2 aromatic rings. The van der Waals surface area contributed by atoms with Crippen molar-refractivity contribution >= 4 is 23.6 Å². The second-order valence-corrected chi connectivity index (χ2v) is 7.19. The minimum absolute atomic E-state index is 0.137. The number of aryl methyl sites for hydroxylation is 1. The summed E-state index contributed by atoms with van der Waals surface area (Å²) < 4.78 is 15.3. The standard InChI is InChI=1S/C23H29N3O6/c1-15-7-6-8-20(16(15)2)24-23(29)25-21(27)13-26(14-22(28)32-5)12-17-9-18(30-3)11-19(10-17)31-4/h6-11H,12-14H2,1-5H3,(H2,24,25,27,29). The number of hydrogen-bond donors (Lipinski definition) is 2. The molecule has 0 aliphatic carbocycles. The number of benzene rings is 2. The van der Waals surface area contributed by atoms with Gasteiger partial charge in [0, 0.05) is 18.3 Å². The van der Waals surface area contributed by atoms with Crippen LogP contribution in [0.4, 0.5) is 10.5 Å². The molecular formula is C23H29N3O6. The first-order chi connectivity index (χ1) is 15.2. The van der Waals surface area contributed by atoms with Crippen molar-refractivity contribution in [2.45, 2.75) is 20.4 Å². The topological polar surface area (TPSA) is 106 Å². The molecule has 0 aliphatic rings. The molecule has 0 radical (unpaired) electrons. The van der Waals surface area contributed by atoms with Crippen molar-refractivity contribution in [1.82, 2.24) is 10.2 Å². The highest BCUT2D eigenvalue weighted by atomic mass is 16.5. The largest absolute Gasteiger partial charge is 0.497 e. The summed E-state index contributed by atoms with van der Waals surface area (Å²) in [5.74, 6) is 0.0866. The Hall–Kier alpha value is -3.59. The van der Waals surface area contributed by atoms with Gasteiger partial charge in [-0.3, -0.25) is 19.8 Å². The molecule has 9 heteroatoms. The number of amides is 3. The molecule has 32 heavy (non-hydrogen) atoms. The van der Waals surface area contributed by atoms with Crippen molar-refractivity contribution in [2.24, 2.45) is 0 Å². The number of anilines is 1. The summed E-state index contributed by atoms with van der Waals surface area (Å²) in [5, 5.41) is 4.97. The van der Waals surface area contributed by atoms with E-state index in [0.717, 1.165) is 16.7 Å². The normalized spacial score (nSPS) is 10.4. The number of nitrogens with zero attached hydrogens (tertiary/aromatic N) is 1. The van der Waals surface area contributed by atoms with E-state index in [1.54, 1.807) is 29.2 Å². The highest BCUT2D eigenvalue weighted by Crippen LogP contribution is 2.23. The van der Waals surface area contributed by atoms with E-state index in [2.05, 4.69) is 10.6 Å². The Morgan fingerprint density at radius 3 is 2.19 bits per heavy atom. The summed E-state index contributed by atoms with van der Waals surface area (Å²) in [6.45, 7) is 3.71. The molecule has 172 valence electrons. The van der Waals surface area contributed by atoms with Gasteiger partial charge in [0.2, 0.25) is 5.91 Å². The summed E-state index contributed by atoms with van der Waals surface area (Å²) in [7, 11) is 4.34. The molecular weight excluding hydrogens is 414 g/mol. The van der Waals surface area contributed by atoms with Gasteiger partial charge in [-0.2, -0.15) is 0 Å². The average Bonchev–Trinajstić information content (AvgIpc) is 2.76. The summed E-state index contributed by atoms with van der Waals surface area (Å²) in [6.07, 6.45) is 0. The van der Waals surface area contributed by atoms with Gasteiger partial charge in [0.25, 0.3) is 0 Å². The van der Waals surface area contributed by atoms with E-state index < -0.39 is 17.9 Å². The van der Waals surface area contributed by atoms with Crippen LogP contribution < -0.4 is 20.1 Å². The number of urea groups is 1. The van der Waals surface area contributed by atoms with Gasteiger partial charge in [-0.1, -0.05) is 12.1 Å². The Morgan fingerprint density at radius 2 is 1.59 bits per heavy atom. The molecule has 0 saturated heterocycles. The quantitative estimate of drug-likeness (QED) is 0.574. The van der Waals surface area contributed by atoms with Gasteiger partial charge in [0.15, 0.2) is 0 Å². The summed E-state index contributed by atoms with van der Waals surface area (Å²) in [6, 6.07) is 10.1. The molecule has 0 unspecified atom stereocenters. The van der Waals surface area contributed by atoms with Gasteiger partial charge < -0.3 is 19.5 Å². The fraction of sp³-hybridized carbons (Fsp3) is 0.348. The van der Waals surface area contributed by atoms with Crippen molar-refractivity contribution in [2.75, 3.05) is 39.7 Å². The first-order valence-electron chi connectivity index (χ1n) is 9.93. The van der Waals surface area contributed by atoms with Crippen LogP contribution in [0.5, 0.6) is 11.5 Å². The van der Waals surface area contributed by atoms with Crippen LogP contribution in [0.2, 0.25) is 0 Å². The van der Waals surface area contributed by atoms with Crippen LogP contribution in [0.15, 0.2) is 36.4 Å². The highest BCUT2D eigenvalue weighted by molar-refractivity contribution is 6.02. The maximum atomic E-state index is 12.5. The molecule has 9 nitrogen and oxygen atoms in total. The molecule has 0 atom stereocenters. The van der Waals surface area contributed by atoms with Gasteiger partial charge in [0.05, 0.1) is 34.4 Å². The summed E-state index contributed by atoms with van der Waals surface area (Å²) >= 11 is 0. The molecule has 2 rings (SSSR count). The third kappa shape index (κ3) is 7.28. The lowest BCUT2D eigenvalue weighted by Crippen LogP contribution is -2.43. The van der Waals surface area contributed by atoms with Gasteiger partial charge in [-0.05, 0) is 48.7 Å². The number of carbonyl (C=O) groups excluding carboxylic acids is 3. The molecule has 0 aromatic heterocycles. The van der Waals surface area contributed by atoms with Crippen molar-refractivity contribution in [1.29, 1.82) is 0 Å². The monoisotopic (exact) mass is 443 g/mol. The summed E-state index contributed by atoms with van der Waals surface area (Å²) in [5.41, 5.74) is 3.31. The van der Waals surface area contributed by atoms with Gasteiger partial charge >= 0.3 is 12.0 Å². The Balaban J connectivity index is 2.07. The Labute approximate surface area is 187 Å². The van der Waals surface area contributed by atoms with Crippen molar-refractivity contribution in [3.05, 3.63) is 53.1 Å². The molecule has 2 aromatic carbocycles. The fourth-order valence-corrected chi connectivity index (χ4v) is 3.04. The summed E-state index contributed by atoms with van der Waals surface area (Å²) in [4.78, 5) is 38.2. The molecule has 0 saturated carbocycles. The van der Waals surface area contributed by atoms with Crippen LogP contribution in [-0.4, -0.2) is 57.2 Å². The van der Waals surface area contributed by atoms with Crippen LogP contribution in [-0.2, 0) is 20.9 Å². The lowest BCUT2D eigenvalue weighted by Gasteiger charge is -2.21. The Kier molecular flexibility index (Phi) is 9.03. The molecule has 2 N–H and O–H groups in total. The van der Waals surface area contributed by atoms with E-state index >= 15 is 0 Å². The van der Waals surface area contributed by atoms with Crippen LogP contribution in [0.3, 0.4) is 0 Å². The van der Waals surface area contributed by atoms with Crippen LogP contribution in [0, 0.1) is 13.8 Å². The third-order valence-corrected chi connectivity index (χ3v) is 4.87. The van der Waals surface area contributed by atoms with E-state index in [9.17, 15) is 14.4 Å². The number of nitrogens with one attached hydrogen (secondary N) is 2. The number of methoxy groups -OCH3 is 3. The Bertz CT molecular complexity index is 954. The number of ether oxygens (including phenoxy) is 3. The molecule has 3 amide bonds. The smallest absolute Gasteiger partial charge is 0.325 e. The molecule has 0 bridgehead atoms. The van der Waals surface area contributed by atoms with Crippen molar-refractivity contribution < 1.29 is 28.6 Å². The zero-order valence-electron chi connectivity index (χ0n) is 19.0. The molecule has 0 spiro atoms. The maximum absolute atomic E-state index is 12.5. The highest BCUT2D eigenvalue weighted by Gasteiger charge is 2.18. The van der Waals surface area contributed by atoms with Gasteiger partial charge in [-0.15, -0.1) is 0 Å². The number of carbonyl (C=O) groups is 3. The van der Waals surface area contributed by atoms with Gasteiger partial charge in [-0.25, -0.2) is 4.79 Å². The second-order valence-electron chi connectivity index (χ2n) is 7.19. The maximum Gasteiger partial charge on any atom is 0.325 e. The Morgan fingerprint density at radius 1 is 0.938 bits per heavy atom. The molecule has 0 heterocycles. The number of esters is 1. The first-order valence-corrected chi connectivity index (χ1v) is 9.93. The SMILES string of the molecule is COC(=O)CN(CC(=O)NC(=O)Nc1cccc(C)c1C)Cc1cc(OC)cc(OC)c1. The number of imide groups is 1. The zero-order chi connectivity index (χ0) is 23.7. The fourth-order valence-electron chi connectivity index (χ4n) is 3.04. The van der Waals surface area contributed by atoms with Crippen LogP contribution in [0.25, 0.3) is 0 Å². The van der Waals surface area contributed by atoms with E-state index in [1.165, 1.54) is 21.3 Å². The second kappa shape index (κ2) is 11.7. The predicted molar refractivity (Wildman–Crippen MR) is 120 cm³/mol. The van der Waals surface area contributed by atoms with Crippen LogP contribution >= 0.6 is 0 Å². The van der Waals surface area contributed by atoms with E-state index in [1.807, 2.05) is 26.0 Å². The lowest BCUT2D eigenvalue weighted by atomic mass is 10.1. The first kappa shape index (κ1) is 24.7.